The number of rotatable bonds is 15. The number of benzene rings is 10. The van der Waals surface area contributed by atoms with Crippen molar-refractivity contribution in [1.29, 1.82) is 0 Å². The van der Waals surface area contributed by atoms with Crippen molar-refractivity contribution in [2.45, 2.75) is 62.5 Å². The fourth-order valence-electron chi connectivity index (χ4n) is 8.83. The molecular formula is C74H45Br4F29O11S3. The third-order valence-electron chi connectivity index (χ3n) is 14.6. The molecule has 1 saturated heterocycles. The highest BCUT2D eigenvalue weighted by Gasteiger charge is 2.45. The van der Waals surface area contributed by atoms with Gasteiger partial charge in [-0.15, -0.1) is 11.8 Å². The molecule has 0 aromatic heterocycles. The van der Waals surface area contributed by atoms with Crippen molar-refractivity contribution in [2.75, 3.05) is 18.3 Å². The molecule has 2 N–H and O–H groups in total. The Labute approximate surface area is 705 Å². The number of carbonyl (C=O) groups is 1. The van der Waals surface area contributed by atoms with Crippen LogP contribution in [0.1, 0.15) is 65.9 Å². The van der Waals surface area contributed by atoms with E-state index < -0.39 is 231 Å². The summed E-state index contributed by atoms with van der Waals surface area (Å²) in [7, 11) is -6.09. The molecule has 0 radical (unpaired) electrons. The predicted molar refractivity (Wildman–Crippen MR) is 391 cm³/mol. The Bertz CT molecular complexity index is 5140. The minimum atomic E-state index is -6.09. The molecule has 0 aliphatic carbocycles. The highest BCUT2D eigenvalue weighted by Crippen LogP contribution is 2.43. The highest BCUT2D eigenvalue weighted by atomic mass is 79.9. The maximum Gasteiger partial charge on any atom is 0.485 e. The van der Waals surface area contributed by atoms with Gasteiger partial charge in [-0.1, -0.05) is 63.7 Å². The zero-order chi connectivity index (χ0) is 91.8. The first-order chi connectivity index (χ1) is 55.7. The molecule has 1 aliphatic rings. The molecule has 1 fully saturated rings. The van der Waals surface area contributed by atoms with Crippen molar-refractivity contribution in [1.82, 2.24) is 0 Å². The second-order valence-corrected chi connectivity index (χ2v) is 31.3. The number of hydrogen-bond donors (Lipinski definition) is 2. The van der Waals surface area contributed by atoms with Crippen LogP contribution in [0.5, 0.6) is 34.5 Å². The molecule has 1 atom stereocenters. The first-order valence-electron chi connectivity index (χ1n) is 31.8. The molecule has 1 unspecified atom stereocenters. The molecule has 0 saturated carbocycles. The predicted octanol–water partition coefficient (Wildman–Crippen LogP) is 25.4. The Hall–Kier alpha value is -9.03. The topological polar surface area (TPSA) is 161 Å². The Morgan fingerprint density at radius 3 is 0.909 bits per heavy atom. The van der Waals surface area contributed by atoms with Gasteiger partial charge in [0, 0.05) is 131 Å². The molecular weight excluding hydrogens is 2030 g/mol. The number of thioether (sulfide) groups is 1. The lowest BCUT2D eigenvalue weighted by Gasteiger charge is -2.21. The lowest BCUT2D eigenvalue weighted by molar-refractivity contribution is -0.190. The molecule has 656 valence electrons. The van der Waals surface area contributed by atoms with Crippen LogP contribution >= 0.6 is 75.5 Å². The van der Waals surface area contributed by atoms with Crippen molar-refractivity contribution in [3.05, 3.63) is 312 Å². The number of aromatic carboxylic acids is 1. The molecule has 1 aliphatic heterocycles. The van der Waals surface area contributed by atoms with E-state index in [1.165, 1.54) is 31.2 Å². The van der Waals surface area contributed by atoms with E-state index in [1.807, 2.05) is 0 Å². The molecule has 0 bridgehead atoms. The van der Waals surface area contributed by atoms with Crippen LogP contribution in [0.4, 0.5) is 127 Å². The van der Waals surface area contributed by atoms with Gasteiger partial charge in [-0.3, -0.25) is 0 Å². The van der Waals surface area contributed by atoms with Crippen LogP contribution in [-0.4, -0.2) is 53.0 Å². The summed E-state index contributed by atoms with van der Waals surface area (Å²) in [5, 5.41) is 17.0. The van der Waals surface area contributed by atoms with Crippen LogP contribution in [0.25, 0.3) is 0 Å². The quantitative estimate of drug-likeness (QED) is 0.0250. The first-order valence-corrected chi connectivity index (χ1v) is 38.6. The van der Waals surface area contributed by atoms with Crippen LogP contribution < -0.4 is 23.7 Å². The minimum absolute atomic E-state index is 0.0353. The standard InChI is InChI=1S/C29H16F12O4.C14H7BrF6O.C10H9BrF2S2.C7H3BrF2O2.C7H6F2O.C6H3BrF2.CHF3O3S/c1-12-18(30)7-16(8-19(12)31)44-28(38,39)26-22(34)3-14(4-23(26)35)42-11-43-15-5-24(36)27(25(37)6-15)29(40,41)45-17-9-20(32)13(2)21(33)10-17;1-6-9(16)4-8(5-10(6)17)22-14(20,21)13-11(18)2-7(15)3-12(13)19;11-6-4-7(12)9(8(13)5-6)10-14-2-1-3-15-10;8-3-1-4(9)6(7(11)12)5(10)2-3;1-4-6(8)2-5(10)3-7(4)9;7-4-1-5(8)3-6(9)2-4;2-1(3,4)8(5,6)7/h3-10H,11H2,1-2H3;2-5H,1H3;4-5,10H,1-3H2;1-2H,(H,11,12);2-3,10H,1H3;1-3H;(H,5,6,7). The largest absolute Gasteiger partial charge is 0.741 e. The van der Waals surface area contributed by atoms with Crippen molar-refractivity contribution in [2.24, 2.45) is 0 Å². The van der Waals surface area contributed by atoms with Gasteiger partial charge in [-0.25, -0.2) is 101 Å². The molecule has 10 aromatic rings. The Balaban J connectivity index is 0.000000283. The first kappa shape index (κ1) is 103. The maximum atomic E-state index is 14.5. The summed E-state index contributed by atoms with van der Waals surface area (Å²) in [6.07, 6.45) is -12.9. The number of aromatic hydroxyl groups is 1. The zero-order valence-electron chi connectivity index (χ0n) is 59.8. The van der Waals surface area contributed by atoms with Gasteiger partial charge < -0.3 is 38.5 Å². The van der Waals surface area contributed by atoms with Gasteiger partial charge in [0.25, 0.3) is 0 Å². The van der Waals surface area contributed by atoms with Gasteiger partial charge >= 0.3 is 29.8 Å². The van der Waals surface area contributed by atoms with Crippen molar-refractivity contribution in [3.63, 3.8) is 0 Å². The minimum Gasteiger partial charge on any atom is -0.741 e. The average molecular weight is 2080 g/mol. The average Bonchev–Trinajstić information content (AvgIpc) is 0.790. The number of phenols is 1. The lowest BCUT2D eigenvalue weighted by atomic mass is 10.1. The van der Waals surface area contributed by atoms with Gasteiger partial charge in [-0.05, 0) is 88.0 Å². The number of alkyl halides is 9. The summed E-state index contributed by atoms with van der Waals surface area (Å²) >= 11 is 14.3. The summed E-state index contributed by atoms with van der Waals surface area (Å²) < 4.78 is 436. The fourth-order valence-corrected chi connectivity index (χ4v) is 13.7. The second-order valence-electron chi connectivity index (χ2n) is 23.4. The van der Waals surface area contributed by atoms with Crippen molar-refractivity contribution in [3.8, 4) is 34.5 Å². The van der Waals surface area contributed by atoms with E-state index in [2.05, 4.69) is 77.9 Å². The number of carboxylic acid groups (broad SMARTS) is 1. The Morgan fingerprint density at radius 1 is 0.405 bits per heavy atom. The Morgan fingerprint density at radius 2 is 0.653 bits per heavy atom. The van der Waals surface area contributed by atoms with Crippen LogP contribution in [0.2, 0.25) is 0 Å². The monoisotopic (exact) mass is 2070 g/mol. The normalized spacial score (nSPS) is 12.7. The van der Waals surface area contributed by atoms with Gasteiger partial charge in [-0.2, -0.15) is 39.5 Å². The number of thiol groups is 1. The SMILES string of the molecule is Cc1c(F)cc(O)cc1F.Cc1c(F)cc(OC(F)(F)c2c(F)cc(Br)cc2F)cc1F.Cc1c(F)cc(OC(F)(F)c2c(F)cc(OCOc3cc(F)c(C(F)(F)Oc4cc(F)c(C)c(F)c4)c(F)c3)cc2F)cc1F.Fc1cc(Br)cc(F)c1C1SCCC[SH+]1.Fc1cc(F)cc(Br)c1.O=C(O)c1c(F)cc(Br)cc1F.O=S(=O)([O-])C(F)(F)F. The molecule has 11 rings (SSSR count). The van der Waals surface area contributed by atoms with E-state index in [-0.39, 0.29) is 54.7 Å². The lowest BCUT2D eigenvalue weighted by Crippen LogP contribution is -2.25. The fraction of sp³-hybridized carbons (Fsp3) is 0.176. The van der Waals surface area contributed by atoms with Crippen LogP contribution in [0, 0.1) is 144 Å². The number of phenolic OH excluding ortho intramolecular Hbond substituents is 1. The molecule has 121 heavy (non-hydrogen) atoms. The molecule has 1 heterocycles. The van der Waals surface area contributed by atoms with Crippen LogP contribution in [0.15, 0.2) is 145 Å². The Kier molecular flexibility index (Phi) is 36.7. The molecule has 47 heteroatoms. The summed E-state index contributed by atoms with van der Waals surface area (Å²) in [4.78, 5) is 10.3. The summed E-state index contributed by atoms with van der Waals surface area (Å²) in [5.41, 5.74) is -13.4. The number of halogens is 33. The van der Waals surface area contributed by atoms with E-state index in [1.54, 1.807) is 11.8 Å². The molecule has 11 nitrogen and oxygen atoms in total. The number of hydrogen-bond acceptors (Lipinski definition) is 11. The van der Waals surface area contributed by atoms with Gasteiger partial charge in [0.1, 0.15) is 179 Å². The van der Waals surface area contributed by atoms with Gasteiger partial charge in [0.2, 0.25) is 6.79 Å². The van der Waals surface area contributed by atoms with Gasteiger partial charge in [0.15, 0.2) is 14.7 Å². The van der Waals surface area contributed by atoms with E-state index in [9.17, 15) is 132 Å². The van der Waals surface area contributed by atoms with E-state index in [0.717, 1.165) is 80.8 Å². The second kappa shape index (κ2) is 43.3. The summed E-state index contributed by atoms with van der Waals surface area (Å²) in [6.45, 7) is 3.32. The molecule has 0 spiro atoms. The third kappa shape index (κ3) is 29.6. The van der Waals surface area contributed by atoms with E-state index in [4.69, 9.17) is 32.7 Å². The van der Waals surface area contributed by atoms with Crippen LogP contribution in [-0.2, 0) is 40.2 Å². The third-order valence-corrected chi connectivity index (χ3v) is 20.2. The summed E-state index contributed by atoms with van der Waals surface area (Å²) in [5.74, 6) is -28.5. The van der Waals surface area contributed by atoms with Crippen molar-refractivity contribution < 1.29 is 179 Å². The van der Waals surface area contributed by atoms with Crippen molar-refractivity contribution >= 4 is 103 Å². The number of carboxylic acids is 1. The maximum absolute atomic E-state index is 14.5. The zero-order valence-corrected chi connectivity index (χ0v) is 68.7. The number of ether oxygens (including phenoxy) is 5. The summed E-state index contributed by atoms with van der Waals surface area (Å²) in [6, 6.07) is 14.1. The smallest absolute Gasteiger partial charge is 0.485 e. The molecule has 10 aromatic carbocycles. The van der Waals surface area contributed by atoms with E-state index in [0.29, 0.717) is 57.5 Å². The van der Waals surface area contributed by atoms with Crippen LogP contribution in [0.3, 0.4) is 0 Å². The van der Waals surface area contributed by atoms with Gasteiger partial charge in [0.05, 0.1) is 5.56 Å². The molecule has 0 amide bonds. The highest BCUT2D eigenvalue weighted by molar-refractivity contribution is 9.11. The van der Waals surface area contributed by atoms with E-state index >= 15 is 0 Å².